The number of hydrogen-bond donors (Lipinski definition) is 3. The molecule has 0 bridgehead atoms. The van der Waals surface area contributed by atoms with E-state index in [0.717, 1.165) is 0 Å². The number of carboxylic acid groups (broad SMARTS) is 1. The molecule has 3 N–H and O–H groups in total. The van der Waals surface area contributed by atoms with Crippen molar-refractivity contribution in [2.75, 3.05) is 19.6 Å². The summed E-state index contributed by atoms with van der Waals surface area (Å²) in [5.41, 5.74) is 0. The van der Waals surface area contributed by atoms with Crippen molar-refractivity contribution in [1.29, 1.82) is 0 Å². The fraction of sp³-hybridized carbons (Fsp3) is 0.750. The molecule has 2 aliphatic heterocycles. The van der Waals surface area contributed by atoms with Crippen LogP contribution in [0.25, 0.3) is 0 Å². The largest absolute Gasteiger partial charge is 0.480 e. The van der Waals surface area contributed by atoms with Crippen molar-refractivity contribution in [2.24, 2.45) is 0 Å². The first-order valence-electron chi connectivity index (χ1n) is 6.62. The maximum atomic E-state index is 12.3. The number of likely N-dealkylation sites (tertiary alicyclic amines) is 2. The van der Waals surface area contributed by atoms with E-state index >= 15 is 0 Å². The quantitative estimate of drug-likeness (QED) is 0.592. The summed E-state index contributed by atoms with van der Waals surface area (Å²) in [6.07, 6.45) is -0.0856. The minimum Gasteiger partial charge on any atom is -0.480 e. The molecule has 1 unspecified atom stereocenters. The van der Waals surface area contributed by atoms with Gasteiger partial charge in [-0.1, -0.05) is 0 Å². The Morgan fingerprint density at radius 3 is 2.55 bits per heavy atom. The Morgan fingerprint density at radius 1 is 1.25 bits per heavy atom. The molecule has 2 rings (SSSR count). The van der Waals surface area contributed by atoms with Crippen LogP contribution in [0, 0.1) is 0 Å². The Kier molecular flexibility index (Phi) is 4.12. The molecule has 0 saturated carbocycles. The van der Waals surface area contributed by atoms with Crippen LogP contribution >= 0.6 is 0 Å². The van der Waals surface area contributed by atoms with E-state index in [0.29, 0.717) is 19.5 Å². The number of carbonyl (C=O) groups excluding carboxylic acids is 2. The van der Waals surface area contributed by atoms with E-state index in [2.05, 4.69) is 5.32 Å². The Balaban J connectivity index is 1.97. The summed E-state index contributed by atoms with van der Waals surface area (Å²) in [7, 11) is 0. The van der Waals surface area contributed by atoms with E-state index in [4.69, 9.17) is 5.11 Å². The number of nitrogens with one attached hydrogen (secondary N) is 1. The molecule has 0 aliphatic carbocycles. The minimum atomic E-state index is -1.10. The van der Waals surface area contributed by atoms with Gasteiger partial charge >= 0.3 is 12.0 Å². The fourth-order valence-electron chi connectivity index (χ4n) is 2.78. The summed E-state index contributed by atoms with van der Waals surface area (Å²) in [6.45, 7) is 2.30. The Bertz CT molecular complexity index is 427. The normalized spacial score (nSPS) is 29.6. The number of aliphatic carboxylic acids is 1. The maximum absolute atomic E-state index is 12.3. The topological polar surface area (TPSA) is 110 Å². The van der Waals surface area contributed by atoms with E-state index in [9.17, 15) is 19.5 Å². The molecular weight excluding hydrogens is 266 g/mol. The molecule has 0 aromatic carbocycles. The summed E-state index contributed by atoms with van der Waals surface area (Å²) in [5.74, 6) is -1.25. The zero-order chi connectivity index (χ0) is 14.9. The van der Waals surface area contributed by atoms with Gasteiger partial charge in [0.1, 0.15) is 6.04 Å². The zero-order valence-corrected chi connectivity index (χ0v) is 11.3. The van der Waals surface area contributed by atoms with E-state index in [1.807, 2.05) is 0 Å². The van der Waals surface area contributed by atoms with Crippen LogP contribution in [0.1, 0.15) is 19.8 Å². The van der Waals surface area contributed by atoms with Crippen LogP contribution in [-0.2, 0) is 9.59 Å². The van der Waals surface area contributed by atoms with Gasteiger partial charge in [0.15, 0.2) is 0 Å². The van der Waals surface area contributed by atoms with Gasteiger partial charge in [-0.25, -0.2) is 9.59 Å². The van der Waals surface area contributed by atoms with Crippen LogP contribution in [0.2, 0.25) is 0 Å². The molecule has 0 aromatic heterocycles. The first-order valence-corrected chi connectivity index (χ1v) is 6.62. The summed E-state index contributed by atoms with van der Waals surface area (Å²) in [4.78, 5) is 37.1. The van der Waals surface area contributed by atoms with E-state index in [1.54, 1.807) is 0 Å². The van der Waals surface area contributed by atoms with Gasteiger partial charge in [-0.15, -0.1) is 0 Å². The second-order valence-electron chi connectivity index (χ2n) is 5.31. The molecule has 20 heavy (non-hydrogen) atoms. The van der Waals surface area contributed by atoms with Crippen molar-refractivity contribution in [1.82, 2.24) is 15.1 Å². The van der Waals surface area contributed by atoms with Crippen molar-refractivity contribution in [3.05, 3.63) is 0 Å². The number of carbonyl (C=O) groups is 3. The molecule has 0 aromatic rings. The standard InChI is InChI=1S/C12H19N3O5/c1-7(16)13-8-2-3-14(5-8)12(20)15-6-9(17)4-10(15)11(18)19/h8-10,17H,2-6H2,1H3,(H,13,16)(H,18,19)/t8?,9-,10+/m1/s1. The molecule has 2 fully saturated rings. The average molecular weight is 285 g/mol. The number of aliphatic hydroxyl groups excluding tert-OH is 1. The van der Waals surface area contributed by atoms with E-state index in [-0.39, 0.29) is 30.9 Å². The van der Waals surface area contributed by atoms with Crippen LogP contribution in [0.4, 0.5) is 4.79 Å². The van der Waals surface area contributed by atoms with Crippen molar-refractivity contribution < 1.29 is 24.6 Å². The SMILES string of the molecule is CC(=O)NC1CCN(C(=O)N2C[C@H](O)C[C@H]2C(=O)O)C1. The van der Waals surface area contributed by atoms with Gasteiger partial charge in [0, 0.05) is 39.0 Å². The Labute approximate surface area is 116 Å². The molecule has 3 atom stereocenters. The van der Waals surface area contributed by atoms with Crippen molar-refractivity contribution >= 4 is 17.9 Å². The predicted molar refractivity (Wildman–Crippen MR) is 67.9 cm³/mol. The third-order valence-electron chi connectivity index (χ3n) is 3.68. The van der Waals surface area contributed by atoms with Crippen LogP contribution in [-0.4, -0.2) is 75.7 Å². The molecule has 112 valence electrons. The molecule has 8 nitrogen and oxygen atoms in total. The second kappa shape index (κ2) is 5.66. The summed E-state index contributed by atoms with van der Waals surface area (Å²) in [5, 5.41) is 21.4. The lowest BCUT2D eigenvalue weighted by atomic mass is 10.2. The number of hydrogen-bond acceptors (Lipinski definition) is 4. The molecule has 0 spiro atoms. The van der Waals surface area contributed by atoms with Crippen molar-refractivity contribution in [3.63, 3.8) is 0 Å². The van der Waals surface area contributed by atoms with E-state index in [1.165, 1.54) is 16.7 Å². The lowest BCUT2D eigenvalue weighted by Gasteiger charge is -2.27. The Hall–Kier alpha value is -1.83. The number of nitrogens with zero attached hydrogens (tertiary/aromatic N) is 2. The van der Waals surface area contributed by atoms with Crippen LogP contribution in [0.3, 0.4) is 0 Å². The number of amides is 3. The highest BCUT2D eigenvalue weighted by Gasteiger charge is 2.41. The minimum absolute atomic E-state index is 0.0388. The molecular formula is C12H19N3O5. The number of aliphatic hydroxyl groups is 1. The second-order valence-corrected chi connectivity index (χ2v) is 5.31. The Morgan fingerprint density at radius 2 is 1.95 bits per heavy atom. The molecule has 2 heterocycles. The highest BCUT2D eigenvalue weighted by atomic mass is 16.4. The first kappa shape index (κ1) is 14.6. The van der Waals surface area contributed by atoms with Crippen LogP contribution < -0.4 is 5.32 Å². The monoisotopic (exact) mass is 285 g/mol. The van der Waals surface area contributed by atoms with Crippen molar-refractivity contribution in [2.45, 2.75) is 38.0 Å². The zero-order valence-electron chi connectivity index (χ0n) is 11.3. The molecule has 0 radical (unpaired) electrons. The maximum Gasteiger partial charge on any atom is 0.326 e. The van der Waals surface area contributed by atoms with Gasteiger partial charge in [-0.05, 0) is 6.42 Å². The van der Waals surface area contributed by atoms with Gasteiger partial charge in [0.25, 0.3) is 0 Å². The number of carboxylic acids is 1. The average Bonchev–Trinajstić information content (AvgIpc) is 2.94. The lowest BCUT2D eigenvalue weighted by Crippen LogP contribution is -2.48. The summed E-state index contributed by atoms with van der Waals surface area (Å²) < 4.78 is 0. The third kappa shape index (κ3) is 3.01. The molecule has 8 heteroatoms. The van der Waals surface area contributed by atoms with Crippen molar-refractivity contribution in [3.8, 4) is 0 Å². The molecule has 2 aliphatic rings. The van der Waals surface area contributed by atoms with Gasteiger partial charge in [-0.2, -0.15) is 0 Å². The molecule has 3 amide bonds. The summed E-state index contributed by atoms with van der Waals surface area (Å²) in [6, 6.07) is -1.45. The third-order valence-corrected chi connectivity index (χ3v) is 3.68. The van der Waals surface area contributed by atoms with Crippen LogP contribution in [0.5, 0.6) is 0 Å². The highest BCUT2D eigenvalue weighted by Crippen LogP contribution is 2.22. The van der Waals surface area contributed by atoms with E-state index < -0.39 is 18.1 Å². The van der Waals surface area contributed by atoms with Gasteiger partial charge in [-0.3, -0.25) is 4.79 Å². The van der Waals surface area contributed by atoms with Gasteiger partial charge < -0.3 is 25.3 Å². The smallest absolute Gasteiger partial charge is 0.326 e. The number of β-amino-alcohol motifs (C(OH)–C–C–N with tert-alkyl or cyclic N) is 1. The van der Waals surface area contributed by atoms with Gasteiger partial charge in [0.05, 0.1) is 6.10 Å². The van der Waals surface area contributed by atoms with Gasteiger partial charge in [0.2, 0.25) is 5.91 Å². The first-order chi connectivity index (χ1) is 9.38. The fourth-order valence-corrected chi connectivity index (χ4v) is 2.78. The summed E-state index contributed by atoms with van der Waals surface area (Å²) >= 11 is 0. The number of rotatable bonds is 2. The molecule has 2 saturated heterocycles. The predicted octanol–water partition coefficient (Wildman–Crippen LogP) is -1.16. The lowest BCUT2D eigenvalue weighted by molar-refractivity contribution is -0.141. The highest BCUT2D eigenvalue weighted by molar-refractivity contribution is 5.84. The van der Waals surface area contributed by atoms with Crippen LogP contribution in [0.15, 0.2) is 0 Å². The number of urea groups is 1.